The maximum Gasteiger partial charge on any atom is 0.416 e. The number of halogens is 4. The van der Waals surface area contributed by atoms with Gasteiger partial charge >= 0.3 is 6.18 Å². The lowest BCUT2D eigenvalue weighted by molar-refractivity contribution is -0.137. The predicted molar refractivity (Wildman–Crippen MR) is 77.1 cm³/mol. The molecular formula is C14H17BrF3NO2. The molecule has 1 N–H and O–H groups in total. The summed E-state index contributed by atoms with van der Waals surface area (Å²) in [6.45, 7) is 5.13. The van der Waals surface area contributed by atoms with Gasteiger partial charge in [0.15, 0.2) is 0 Å². The van der Waals surface area contributed by atoms with Crippen molar-refractivity contribution in [1.29, 1.82) is 0 Å². The summed E-state index contributed by atoms with van der Waals surface area (Å²) >= 11 is 3.08. The summed E-state index contributed by atoms with van der Waals surface area (Å²) in [5, 5.41) is 2.53. The van der Waals surface area contributed by atoms with Gasteiger partial charge in [-0.25, -0.2) is 0 Å². The van der Waals surface area contributed by atoms with E-state index < -0.39 is 17.6 Å². The van der Waals surface area contributed by atoms with E-state index in [-0.39, 0.29) is 12.1 Å². The maximum atomic E-state index is 12.6. The summed E-state index contributed by atoms with van der Waals surface area (Å²) in [6, 6.07) is 2.97. The normalized spacial score (nSPS) is 11.8. The van der Waals surface area contributed by atoms with Crippen LogP contribution in [0, 0.1) is 5.92 Å². The van der Waals surface area contributed by atoms with E-state index in [4.69, 9.17) is 4.74 Å². The van der Waals surface area contributed by atoms with Gasteiger partial charge in [0.2, 0.25) is 0 Å². The molecule has 1 amide bonds. The van der Waals surface area contributed by atoms with Crippen molar-refractivity contribution in [1.82, 2.24) is 5.32 Å². The Morgan fingerprint density at radius 2 is 2.05 bits per heavy atom. The molecule has 0 saturated carbocycles. The first-order valence-electron chi connectivity index (χ1n) is 6.44. The average molecular weight is 368 g/mol. The zero-order chi connectivity index (χ0) is 16.0. The molecule has 21 heavy (non-hydrogen) atoms. The highest BCUT2D eigenvalue weighted by Gasteiger charge is 2.31. The van der Waals surface area contributed by atoms with Crippen LogP contribution < -0.4 is 5.32 Å². The number of hydrogen-bond acceptors (Lipinski definition) is 2. The maximum absolute atomic E-state index is 12.6. The van der Waals surface area contributed by atoms with Crippen molar-refractivity contribution >= 4 is 21.8 Å². The van der Waals surface area contributed by atoms with Crippen LogP contribution in [0.5, 0.6) is 0 Å². The monoisotopic (exact) mass is 367 g/mol. The zero-order valence-corrected chi connectivity index (χ0v) is 13.3. The van der Waals surface area contributed by atoms with Crippen molar-refractivity contribution < 1.29 is 22.7 Å². The Kier molecular flexibility index (Phi) is 6.67. The van der Waals surface area contributed by atoms with Gasteiger partial charge in [0.1, 0.15) is 0 Å². The van der Waals surface area contributed by atoms with Crippen LogP contribution in [-0.2, 0) is 10.9 Å². The summed E-state index contributed by atoms with van der Waals surface area (Å²) in [5.41, 5.74) is -0.902. The van der Waals surface area contributed by atoms with E-state index in [2.05, 4.69) is 21.2 Å². The lowest BCUT2D eigenvalue weighted by atomic mass is 10.1. The summed E-state index contributed by atoms with van der Waals surface area (Å²) in [7, 11) is 0. The van der Waals surface area contributed by atoms with Crippen molar-refractivity contribution in [3.05, 3.63) is 33.8 Å². The fourth-order valence-corrected chi connectivity index (χ4v) is 1.95. The van der Waals surface area contributed by atoms with Crippen LogP contribution in [0.15, 0.2) is 22.7 Å². The molecule has 0 aliphatic heterocycles. The molecule has 0 bridgehead atoms. The standard InChI is InChI=1S/C14H17BrF3NO2/c1-9(2)8-21-6-5-19-13(20)11-7-10(14(16,17)18)3-4-12(11)15/h3-4,7,9H,5-6,8H2,1-2H3,(H,19,20). The zero-order valence-electron chi connectivity index (χ0n) is 11.8. The number of carbonyl (C=O) groups is 1. The smallest absolute Gasteiger partial charge is 0.379 e. The molecular weight excluding hydrogens is 351 g/mol. The van der Waals surface area contributed by atoms with Gasteiger partial charge in [0.25, 0.3) is 5.91 Å². The fourth-order valence-electron chi connectivity index (χ4n) is 1.53. The summed E-state index contributed by atoms with van der Waals surface area (Å²) in [5.74, 6) is -0.181. The van der Waals surface area contributed by atoms with Gasteiger partial charge in [0.05, 0.1) is 17.7 Å². The summed E-state index contributed by atoms with van der Waals surface area (Å²) < 4.78 is 43.5. The molecule has 0 fully saturated rings. The van der Waals surface area contributed by atoms with Crippen molar-refractivity contribution in [3.63, 3.8) is 0 Å². The molecule has 0 aliphatic rings. The van der Waals surface area contributed by atoms with Gasteiger partial charge in [-0.15, -0.1) is 0 Å². The van der Waals surface area contributed by atoms with E-state index in [0.717, 1.165) is 12.1 Å². The van der Waals surface area contributed by atoms with E-state index in [9.17, 15) is 18.0 Å². The highest BCUT2D eigenvalue weighted by Crippen LogP contribution is 2.31. The first-order chi connectivity index (χ1) is 9.71. The highest BCUT2D eigenvalue weighted by atomic mass is 79.9. The molecule has 7 heteroatoms. The second-order valence-corrected chi connectivity index (χ2v) is 5.77. The van der Waals surface area contributed by atoms with Crippen LogP contribution in [0.1, 0.15) is 29.8 Å². The highest BCUT2D eigenvalue weighted by molar-refractivity contribution is 9.10. The van der Waals surface area contributed by atoms with Gasteiger partial charge in [-0.2, -0.15) is 13.2 Å². The molecule has 1 aromatic carbocycles. The molecule has 0 spiro atoms. The van der Waals surface area contributed by atoms with Gasteiger partial charge in [-0.3, -0.25) is 4.79 Å². The third-order valence-electron chi connectivity index (χ3n) is 2.52. The molecule has 0 radical (unpaired) electrons. The molecule has 0 unspecified atom stereocenters. The van der Waals surface area contributed by atoms with E-state index in [0.29, 0.717) is 23.6 Å². The Hall–Kier alpha value is -1.08. The lowest BCUT2D eigenvalue weighted by Gasteiger charge is -2.11. The van der Waals surface area contributed by atoms with Crippen LogP contribution >= 0.6 is 15.9 Å². The Balaban J connectivity index is 2.61. The number of amides is 1. The molecule has 0 aliphatic carbocycles. The van der Waals surface area contributed by atoms with E-state index in [1.807, 2.05) is 13.8 Å². The second kappa shape index (κ2) is 7.79. The van der Waals surface area contributed by atoms with E-state index in [1.165, 1.54) is 6.07 Å². The first-order valence-corrected chi connectivity index (χ1v) is 7.23. The average Bonchev–Trinajstić information content (AvgIpc) is 2.36. The second-order valence-electron chi connectivity index (χ2n) is 4.92. The van der Waals surface area contributed by atoms with Crippen LogP contribution in [0.3, 0.4) is 0 Å². The summed E-state index contributed by atoms with van der Waals surface area (Å²) in [4.78, 5) is 11.9. The first kappa shape index (κ1) is 18.0. The van der Waals surface area contributed by atoms with Crippen molar-refractivity contribution in [2.75, 3.05) is 19.8 Å². The van der Waals surface area contributed by atoms with Gasteiger partial charge in [0, 0.05) is 17.6 Å². The van der Waals surface area contributed by atoms with Crippen molar-refractivity contribution in [2.45, 2.75) is 20.0 Å². The van der Waals surface area contributed by atoms with Gasteiger partial charge in [-0.05, 0) is 40.0 Å². The van der Waals surface area contributed by atoms with Crippen LogP contribution in [0.25, 0.3) is 0 Å². The minimum absolute atomic E-state index is 0.0475. The summed E-state index contributed by atoms with van der Waals surface area (Å²) in [6.07, 6.45) is -4.48. The number of ether oxygens (including phenoxy) is 1. The van der Waals surface area contributed by atoms with E-state index in [1.54, 1.807) is 0 Å². The van der Waals surface area contributed by atoms with Gasteiger partial charge < -0.3 is 10.1 Å². The molecule has 0 atom stereocenters. The number of rotatable bonds is 6. The quantitative estimate of drug-likeness (QED) is 0.775. The van der Waals surface area contributed by atoms with E-state index >= 15 is 0 Å². The Morgan fingerprint density at radius 3 is 2.62 bits per heavy atom. The topological polar surface area (TPSA) is 38.3 Å². The molecule has 0 aromatic heterocycles. The molecule has 1 rings (SSSR count). The largest absolute Gasteiger partial charge is 0.416 e. The predicted octanol–water partition coefficient (Wildman–Crippen LogP) is 3.87. The Bertz CT molecular complexity index is 490. The lowest BCUT2D eigenvalue weighted by Crippen LogP contribution is -2.28. The van der Waals surface area contributed by atoms with Crippen LogP contribution in [-0.4, -0.2) is 25.7 Å². The van der Waals surface area contributed by atoms with Gasteiger partial charge in [-0.1, -0.05) is 13.8 Å². The van der Waals surface area contributed by atoms with Crippen LogP contribution in [0.2, 0.25) is 0 Å². The molecule has 0 heterocycles. The van der Waals surface area contributed by atoms with Crippen molar-refractivity contribution in [3.8, 4) is 0 Å². The number of nitrogens with one attached hydrogen (secondary N) is 1. The number of alkyl halides is 3. The number of hydrogen-bond donors (Lipinski definition) is 1. The van der Waals surface area contributed by atoms with Crippen LogP contribution in [0.4, 0.5) is 13.2 Å². The number of benzene rings is 1. The Morgan fingerprint density at radius 1 is 1.38 bits per heavy atom. The SMILES string of the molecule is CC(C)COCCNC(=O)c1cc(C(F)(F)F)ccc1Br. The molecule has 0 saturated heterocycles. The molecule has 118 valence electrons. The molecule has 3 nitrogen and oxygen atoms in total. The van der Waals surface area contributed by atoms with Crippen molar-refractivity contribution in [2.24, 2.45) is 5.92 Å². The third kappa shape index (κ3) is 6.05. The Labute approximate surface area is 130 Å². The minimum Gasteiger partial charge on any atom is -0.379 e. The third-order valence-corrected chi connectivity index (χ3v) is 3.21. The minimum atomic E-state index is -4.48. The molecule has 1 aromatic rings. The number of carbonyl (C=O) groups excluding carboxylic acids is 1. The fraction of sp³-hybridized carbons (Fsp3) is 0.500.